The lowest BCUT2D eigenvalue weighted by Crippen LogP contribution is -2.47. The Morgan fingerprint density at radius 2 is 2.11 bits per heavy atom. The van der Waals surface area contributed by atoms with Crippen molar-refractivity contribution < 1.29 is 18.0 Å². The standard InChI is InChI=1S/C19H23F3N4O/c1-13-9-17(24-25(13)2)18(27)23-16-7-4-8-26(12-16)11-14-5-3-6-15(10-14)19(20,21)22/h3,5-6,9-10,16H,4,7-8,11-12H2,1-2H3,(H,23,27). The predicted molar refractivity (Wildman–Crippen MR) is 95.2 cm³/mol. The van der Waals surface area contributed by atoms with E-state index in [1.807, 2.05) is 6.92 Å². The molecule has 2 heterocycles. The summed E-state index contributed by atoms with van der Waals surface area (Å²) in [7, 11) is 1.78. The maximum Gasteiger partial charge on any atom is 0.416 e. The van der Waals surface area contributed by atoms with Gasteiger partial charge in [-0.15, -0.1) is 0 Å². The van der Waals surface area contributed by atoms with Crippen LogP contribution in [-0.4, -0.2) is 39.7 Å². The molecule has 1 N–H and O–H groups in total. The Labute approximate surface area is 156 Å². The van der Waals surface area contributed by atoms with E-state index in [0.717, 1.165) is 31.1 Å². The molecule has 2 aromatic rings. The summed E-state index contributed by atoms with van der Waals surface area (Å²) in [6.45, 7) is 3.71. The number of likely N-dealkylation sites (tertiary alicyclic amines) is 1. The highest BCUT2D eigenvalue weighted by Gasteiger charge is 2.30. The average Bonchev–Trinajstić information content (AvgIpc) is 2.94. The Kier molecular flexibility index (Phi) is 5.55. The number of aromatic nitrogens is 2. The molecule has 1 atom stereocenters. The summed E-state index contributed by atoms with van der Waals surface area (Å²) < 4.78 is 40.3. The first kappa shape index (κ1) is 19.4. The summed E-state index contributed by atoms with van der Waals surface area (Å²) in [5, 5.41) is 7.17. The molecule has 1 aliphatic rings. The number of alkyl halides is 3. The van der Waals surface area contributed by atoms with Crippen LogP contribution >= 0.6 is 0 Å². The molecule has 27 heavy (non-hydrogen) atoms. The number of benzene rings is 1. The minimum atomic E-state index is -4.34. The first-order chi connectivity index (χ1) is 12.7. The Morgan fingerprint density at radius 1 is 1.33 bits per heavy atom. The van der Waals surface area contributed by atoms with E-state index in [4.69, 9.17) is 0 Å². The normalized spacial score (nSPS) is 18.5. The highest BCUT2D eigenvalue weighted by Crippen LogP contribution is 2.30. The third-order valence-corrected chi connectivity index (χ3v) is 4.85. The fraction of sp³-hybridized carbons (Fsp3) is 0.474. The van der Waals surface area contributed by atoms with Gasteiger partial charge in [0.2, 0.25) is 0 Å². The number of carbonyl (C=O) groups is 1. The molecule has 0 bridgehead atoms. The molecule has 1 saturated heterocycles. The Bertz CT molecular complexity index is 796. The summed E-state index contributed by atoms with van der Waals surface area (Å²) in [6.07, 6.45) is -2.61. The van der Waals surface area contributed by atoms with Crippen molar-refractivity contribution >= 4 is 5.91 Å². The van der Waals surface area contributed by atoms with Gasteiger partial charge in [0.1, 0.15) is 5.69 Å². The fourth-order valence-electron chi connectivity index (χ4n) is 3.35. The topological polar surface area (TPSA) is 50.2 Å². The number of piperidine rings is 1. The number of nitrogens with zero attached hydrogens (tertiary/aromatic N) is 3. The van der Waals surface area contributed by atoms with Gasteiger partial charge in [0.05, 0.1) is 5.56 Å². The molecule has 0 spiro atoms. The summed E-state index contributed by atoms with van der Waals surface area (Å²) in [5.41, 5.74) is 1.27. The first-order valence-corrected chi connectivity index (χ1v) is 8.92. The number of hydrogen-bond acceptors (Lipinski definition) is 3. The maximum absolute atomic E-state index is 12.9. The van der Waals surface area contributed by atoms with E-state index >= 15 is 0 Å². The minimum absolute atomic E-state index is 0.0423. The van der Waals surface area contributed by atoms with Gasteiger partial charge >= 0.3 is 6.18 Å². The molecule has 0 aliphatic carbocycles. The van der Waals surface area contributed by atoms with E-state index in [0.29, 0.717) is 24.3 Å². The van der Waals surface area contributed by atoms with E-state index in [2.05, 4.69) is 15.3 Å². The molecule has 3 rings (SSSR count). The molecule has 1 fully saturated rings. The number of rotatable bonds is 4. The lowest BCUT2D eigenvalue weighted by molar-refractivity contribution is -0.137. The second-order valence-electron chi connectivity index (χ2n) is 7.04. The molecule has 146 valence electrons. The molecule has 8 heteroatoms. The van der Waals surface area contributed by atoms with Crippen molar-refractivity contribution in [2.75, 3.05) is 13.1 Å². The SMILES string of the molecule is Cc1cc(C(=O)NC2CCCN(Cc3cccc(C(F)(F)F)c3)C2)nn1C. The second-order valence-corrected chi connectivity index (χ2v) is 7.04. The molecule has 1 aromatic carbocycles. The van der Waals surface area contributed by atoms with Gasteiger partial charge in [0.15, 0.2) is 0 Å². The van der Waals surface area contributed by atoms with Crippen LogP contribution in [0.25, 0.3) is 0 Å². The average molecular weight is 380 g/mol. The summed E-state index contributed by atoms with van der Waals surface area (Å²) >= 11 is 0. The summed E-state index contributed by atoms with van der Waals surface area (Å²) in [4.78, 5) is 14.4. The van der Waals surface area contributed by atoms with Crippen molar-refractivity contribution in [3.8, 4) is 0 Å². The van der Waals surface area contributed by atoms with Crippen LogP contribution in [-0.2, 0) is 19.8 Å². The minimum Gasteiger partial charge on any atom is -0.347 e. The van der Waals surface area contributed by atoms with Crippen molar-refractivity contribution in [3.05, 3.63) is 52.8 Å². The molecule has 1 aromatic heterocycles. The van der Waals surface area contributed by atoms with Gasteiger partial charge in [0, 0.05) is 31.9 Å². The molecule has 1 unspecified atom stereocenters. The predicted octanol–water partition coefficient (Wildman–Crippen LogP) is 3.14. The van der Waals surface area contributed by atoms with Crippen molar-refractivity contribution in [1.82, 2.24) is 20.0 Å². The van der Waals surface area contributed by atoms with E-state index in [1.165, 1.54) is 12.1 Å². The molecule has 5 nitrogen and oxygen atoms in total. The zero-order valence-electron chi connectivity index (χ0n) is 15.4. The van der Waals surface area contributed by atoms with Crippen molar-refractivity contribution in [2.24, 2.45) is 7.05 Å². The van der Waals surface area contributed by atoms with Gasteiger partial charge in [-0.25, -0.2) is 0 Å². The van der Waals surface area contributed by atoms with Gasteiger partial charge in [-0.05, 0) is 44.0 Å². The van der Waals surface area contributed by atoms with E-state index in [-0.39, 0.29) is 11.9 Å². The highest BCUT2D eigenvalue weighted by atomic mass is 19.4. The molecule has 0 radical (unpaired) electrons. The van der Waals surface area contributed by atoms with Crippen molar-refractivity contribution in [3.63, 3.8) is 0 Å². The number of aryl methyl sites for hydroxylation is 2. The van der Waals surface area contributed by atoms with Crippen LogP contribution < -0.4 is 5.32 Å². The van der Waals surface area contributed by atoms with Crippen molar-refractivity contribution in [2.45, 2.75) is 38.5 Å². The second kappa shape index (κ2) is 7.72. The lowest BCUT2D eigenvalue weighted by atomic mass is 10.0. The van der Waals surface area contributed by atoms with E-state index < -0.39 is 11.7 Å². The monoisotopic (exact) mass is 380 g/mol. The van der Waals surface area contributed by atoms with Gasteiger partial charge in [0.25, 0.3) is 5.91 Å². The van der Waals surface area contributed by atoms with Crippen LogP contribution in [0.2, 0.25) is 0 Å². The van der Waals surface area contributed by atoms with E-state index in [9.17, 15) is 18.0 Å². The number of halogens is 3. The number of carbonyl (C=O) groups excluding carboxylic acids is 1. The van der Waals surface area contributed by atoms with Crippen LogP contribution in [0.4, 0.5) is 13.2 Å². The van der Waals surface area contributed by atoms with Crippen LogP contribution in [0.15, 0.2) is 30.3 Å². The molecule has 1 aliphatic heterocycles. The molecular formula is C19H23F3N4O. The van der Waals surface area contributed by atoms with Crippen LogP contribution in [0, 0.1) is 6.92 Å². The lowest BCUT2D eigenvalue weighted by Gasteiger charge is -2.33. The molecule has 0 saturated carbocycles. The van der Waals surface area contributed by atoms with Crippen LogP contribution in [0.1, 0.15) is 40.2 Å². The zero-order valence-corrected chi connectivity index (χ0v) is 15.4. The number of hydrogen-bond donors (Lipinski definition) is 1. The summed E-state index contributed by atoms with van der Waals surface area (Å²) in [6, 6.07) is 7.10. The Morgan fingerprint density at radius 3 is 2.78 bits per heavy atom. The molecule has 1 amide bonds. The van der Waals surface area contributed by atoms with Crippen LogP contribution in [0.5, 0.6) is 0 Å². The van der Waals surface area contributed by atoms with Crippen molar-refractivity contribution in [1.29, 1.82) is 0 Å². The zero-order chi connectivity index (χ0) is 19.6. The van der Waals surface area contributed by atoms with Gasteiger partial charge < -0.3 is 5.32 Å². The first-order valence-electron chi connectivity index (χ1n) is 8.92. The fourth-order valence-corrected chi connectivity index (χ4v) is 3.35. The van der Waals surface area contributed by atoms with Gasteiger partial charge in [-0.3, -0.25) is 14.4 Å². The summed E-state index contributed by atoms with van der Waals surface area (Å²) in [5.74, 6) is -0.218. The maximum atomic E-state index is 12.9. The largest absolute Gasteiger partial charge is 0.416 e. The number of nitrogens with one attached hydrogen (secondary N) is 1. The third kappa shape index (κ3) is 4.88. The Hall–Kier alpha value is -2.35. The van der Waals surface area contributed by atoms with E-state index in [1.54, 1.807) is 23.9 Å². The highest BCUT2D eigenvalue weighted by molar-refractivity contribution is 5.92. The van der Waals surface area contributed by atoms with Gasteiger partial charge in [-0.2, -0.15) is 18.3 Å². The molecular weight excluding hydrogens is 357 g/mol. The van der Waals surface area contributed by atoms with Gasteiger partial charge in [-0.1, -0.05) is 18.2 Å². The smallest absolute Gasteiger partial charge is 0.347 e. The third-order valence-electron chi connectivity index (χ3n) is 4.85. The van der Waals surface area contributed by atoms with Crippen LogP contribution in [0.3, 0.4) is 0 Å². The number of amides is 1. The Balaban J connectivity index is 1.60. The quantitative estimate of drug-likeness (QED) is 0.887.